The number of nitrogens with zero attached hydrogens (tertiary/aromatic N) is 1. The Kier molecular flexibility index (Phi) is 6.03. The third-order valence-corrected chi connectivity index (χ3v) is 5.66. The fraction of sp³-hybridized carbons (Fsp3) is 0.278. The van der Waals surface area contributed by atoms with E-state index in [1.807, 2.05) is 0 Å². The number of sulfone groups is 1. The second-order valence-corrected chi connectivity index (χ2v) is 7.71. The molecule has 0 saturated heterocycles. The molecule has 3 N–H and O–H groups in total. The standard InChI is InChI=1S/C18H22N2O4S/c1-2-20(18(21)22)11-10-14-8-9-17(19)15(12-14)13-25(23,24)16-6-4-3-5-7-16/h3-9,12H,2,10-11,13,19H2,1H3,(H,21,22). The number of benzene rings is 2. The minimum absolute atomic E-state index is 0.187. The maximum atomic E-state index is 12.5. The van der Waals surface area contributed by atoms with E-state index in [2.05, 4.69) is 0 Å². The van der Waals surface area contributed by atoms with Crippen LogP contribution in [0.1, 0.15) is 18.1 Å². The lowest BCUT2D eigenvalue weighted by molar-refractivity contribution is 0.148. The van der Waals surface area contributed by atoms with Gasteiger partial charge in [-0.1, -0.05) is 30.3 Å². The van der Waals surface area contributed by atoms with Crippen LogP contribution in [-0.4, -0.2) is 37.6 Å². The van der Waals surface area contributed by atoms with Gasteiger partial charge < -0.3 is 15.7 Å². The van der Waals surface area contributed by atoms with Crippen molar-refractivity contribution in [2.45, 2.75) is 24.0 Å². The van der Waals surface area contributed by atoms with Crippen molar-refractivity contribution >= 4 is 21.6 Å². The molecule has 2 aromatic rings. The predicted octanol–water partition coefficient (Wildman–Crippen LogP) is 2.79. The van der Waals surface area contributed by atoms with Crippen molar-refractivity contribution in [2.75, 3.05) is 18.8 Å². The van der Waals surface area contributed by atoms with Crippen molar-refractivity contribution in [1.29, 1.82) is 0 Å². The maximum Gasteiger partial charge on any atom is 0.407 e. The second-order valence-electron chi connectivity index (χ2n) is 5.72. The molecule has 0 spiro atoms. The average molecular weight is 362 g/mol. The Morgan fingerprint density at radius 1 is 1.16 bits per heavy atom. The molecule has 7 heteroatoms. The number of likely N-dealkylation sites (N-methyl/N-ethyl adjacent to an activating group) is 1. The highest BCUT2D eigenvalue weighted by Gasteiger charge is 2.17. The fourth-order valence-electron chi connectivity index (χ4n) is 2.51. The number of hydrogen-bond acceptors (Lipinski definition) is 4. The van der Waals surface area contributed by atoms with Gasteiger partial charge in [0.15, 0.2) is 9.84 Å². The smallest absolute Gasteiger partial charge is 0.407 e. The molecule has 0 aliphatic carbocycles. The summed E-state index contributed by atoms with van der Waals surface area (Å²) in [7, 11) is -3.49. The number of hydrogen-bond donors (Lipinski definition) is 2. The number of nitrogen functional groups attached to an aromatic ring is 1. The number of carboxylic acid groups (broad SMARTS) is 1. The zero-order valence-electron chi connectivity index (χ0n) is 14.1. The Bertz CT molecular complexity index is 835. The quantitative estimate of drug-likeness (QED) is 0.738. The van der Waals surface area contributed by atoms with Gasteiger partial charge in [0.1, 0.15) is 0 Å². The van der Waals surface area contributed by atoms with E-state index in [9.17, 15) is 13.2 Å². The van der Waals surface area contributed by atoms with E-state index in [0.29, 0.717) is 30.8 Å². The van der Waals surface area contributed by atoms with Gasteiger partial charge in [-0.2, -0.15) is 0 Å². The summed E-state index contributed by atoms with van der Waals surface area (Å²) in [4.78, 5) is 12.6. The minimum atomic E-state index is -3.49. The summed E-state index contributed by atoms with van der Waals surface area (Å²) >= 11 is 0. The molecule has 0 bridgehead atoms. The van der Waals surface area contributed by atoms with E-state index in [1.54, 1.807) is 55.5 Å². The molecule has 0 atom stereocenters. The van der Waals surface area contributed by atoms with Gasteiger partial charge in [0.05, 0.1) is 10.6 Å². The minimum Gasteiger partial charge on any atom is -0.465 e. The third kappa shape index (κ3) is 4.96. The summed E-state index contributed by atoms with van der Waals surface area (Å²) in [6, 6.07) is 13.4. The second kappa shape index (κ2) is 8.02. The molecule has 2 rings (SSSR count). The summed E-state index contributed by atoms with van der Waals surface area (Å²) in [5, 5.41) is 9.06. The molecule has 2 aromatic carbocycles. The largest absolute Gasteiger partial charge is 0.465 e. The van der Waals surface area contributed by atoms with Crippen LogP contribution in [0.2, 0.25) is 0 Å². The lowest BCUT2D eigenvalue weighted by atomic mass is 10.1. The molecule has 6 nitrogen and oxygen atoms in total. The Morgan fingerprint density at radius 3 is 2.44 bits per heavy atom. The van der Waals surface area contributed by atoms with Crippen LogP contribution < -0.4 is 5.73 Å². The van der Waals surface area contributed by atoms with Crippen LogP contribution in [0.15, 0.2) is 53.4 Å². The maximum absolute atomic E-state index is 12.5. The van der Waals surface area contributed by atoms with Gasteiger partial charge in [0.2, 0.25) is 0 Å². The molecule has 0 aromatic heterocycles. The summed E-state index contributed by atoms with van der Waals surface area (Å²) in [5.41, 5.74) is 7.73. The molecule has 134 valence electrons. The number of anilines is 1. The zero-order chi connectivity index (χ0) is 18.4. The van der Waals surface area contributed by atoms with Crippen LogP contribution in [0.4, 0.5) is 10.5 Å². The van der Waals surface area contributed by atoms with Crippen LogP contribution in [0.5, 0.6) is 0 Å². The molecular weight excluding hydrogens is 340 g/mol. The lowest BCUT2D eigenvalue weighted by Crippen LogP contribution is -2.31. The van der Waals surface area contributed by atoms with Crippen LogP contribution in [0.25, 0.3) is 0 Å². The van der Waals surface area contributed by atoms with Crippen LogP contribution >= 0.6 is 0 Å². The van der Waals surface area contributed by atoms with E-state index < -0.39 is 15.9 Å². The van der Waals surface area contributed by atoms with Crippen LogP contribution in [0, 0.1) is 0 Å². The van der Waals surface area contributed by atoms with Gasteiger partial charge in [0, 0.05) is 18.8 Å². The highest BCUT2D eigenvalue weighted by atomic mass is 32.2. The van der Waals surface area contributed by atoms with E-state index in [1.165, 1.54) is 4.90 Å². The first-order valence-corrected chi connectivity index (χ1v) is 9.61. The number of rotatable bonds is 7. The van der Waals surface area contributed by atoms with Crippen molar-refractivity contribution in [3.8, 4) is 0 Å². The topological polar surface area (TPSA) is 101 Å². The average Bonchev–Trinajstić information content (AvgIpc) is 2.58. The summed E-state index contributed by atoms with van der Waals surface area (Å²) < 4.78 is 25.1. The Labute approximate surface area is 147 Å². The van der Waals surface area contributed by atoms with Gasteiger partial charge in [-0.05, 0) is 42.7 Å². The summed E-state index contributed by atoms with van der Waals surface area (Å²) in [6.07, 6.45) is -0.469. The molecule has 0 aliphatic heterocycles. The number of carbonyl (C=O) groups is 1. The van der Waals surface area contributed by atoms with Crippen molar-refractivity contribution < 1.29 is 18.3 Å². The lowest BCUT2D eigenvalue weighted by Gasteiger charge is -2.17. The van der Waals surface area contributed by atoms with Gasteiger partial charge in [-0.15, -0.1) is 0 Å². The highest BCUT2D eigenvalue weighted by molar-refractivity contribution is 7.90. The van der Waals surface area contributed by atoms with Crippen molar-refractivity contribution in [2.24, 2.45) is 0 Å². The molecule has 0 fully saturated rings. The van der Waals surface area contributed by atoms with Gasteiger partial charge in [-0.25, -0.2) is 13.2 Å². The molecule has 25 heavy (non-hydrogen) atoms. The highest BCUT2D eigenvalue weighted by Crippen LogP contribution is 2.22. The molecule has 1 amide bonds. The molecule has 0 unspecified atom stereocenters. The number of amides is 1. The summed E-state index contributed by atoms with van der Waals surface area (Å²) in [6.45, 7) is 2.52. The van der Waals surface area contributed by atoms with Crippen molar-refractivity contribution in [3.05, 3.63) is 59.7 Å². The Balaban J connectivity index is 2.18. The van der Waals surface area contributed by atoms with E-state index >= 15 is 0 Å². The third-order valence-electron chi connectivity index (χ3n) is 3.98. The SMILES string of the molecule is CCN(CCc1ccc(N)c(CS(=O)(=O)c2ccccc2)c1)C(=O)O. The monoisotopic (exact) mass is 362 g/mol. The number of nitrogens with two attached hydrogens (primary N) is 1. The predicted molar refractivity (Wildman–Crippen MR) is 97.2 cm³/mol. The van der Waals surface area contributed by atoms with Crippen LogP contribution in [0.3, 0.4) is 0 Å². The molecule has 0 saturated carbocycles. The zero-order valence-corrected chi connectivity index (χ0v) is 14.9. The fourth-order valence-corrected chi connectivity index (χ4v) is 3.91. The van der Waals surface area contributed by atoms with E-state index in [0.717, 1.165) is 5.56 Å². The van der Waals surface area contributed by atoms with Crippen LogP contribution in [-0.2, 0) is 22.0 Å². The van der Waals surface area contributed by atoms with Gasteiger partial charge in [0.25, 0.3) is 0 Å². The van der Waals surface area contributed by atoms with E-state index in [-0.39, 0.29) is 10.6 Å². The van der Waals surface area contributed by atoms with Crippen molar-refractivity contribution in [1.82, 2.24) is 4.90 Å². The normalized spacial score (nSPS) is 11.2. The Hall–Kier alpha value is -2.54. The Morgan fingerprint density at radius 2 is 1.84 bits per heavy atom. The first kappa shape index (κ1) is 18.8. The molecule has 0 radical (unpaired) electrons. The van der Waals surface area contributed by atoms with Gasteiger partial charge >= 0.3 is 6.09 Å². The van der Waals surface area contributed by atoms with E-state index in [4.69, 9.17) is 10.8 Å². The van der Waals surface area contributed by atoms with Crippen molar-refractivity contribution in [3.63, 3.8) is 0 Å². The molecule has 0 heterocycles. The first-order valence-electron chi connectivity index (χ1n) is 7.96. The first-order chi connectivity index (χ1) is 11.8. The molecule has 0 aliphatic rings. The van der Waals surface area contributed by atoms with Gasteiger partial charge in [-0.3, -0.25) is 0 Å². The molecular formula is C18H22N2O4S. The summed E-state index contributed by atoms with van der Waals surface area (Å²) in [5.74, 6) is -0.187.